The first-order valence-electron chi connectivity index (χ1n) is 4.99. The van der Waals surface area contributed by atoms with E-state index in [-0.39, 0.29) is 26.2 Å². The molecular weight excluding hydrogens is 271 g/mol. The number of nitrogens with zero attached hydrogens (tertiary/aromatic N) is 2. The van der Waals surface area contributed by atoms with Crippen LogP contribution in [0.4, 0.5) is 0 Å². The van der Waals surface area contributed by atoms with E-state index in [1.165, 1.54) is 0 Å². The molecule has 0 aromatic rings. The molecule has 0 rings (SSSR count). The van der Waals surface area contributed by atoms with Gasteiger partial charge in [0.15, 0.2) is 0 Å². The van der Waals surface area contributed by atoms with Crippen molar-refractivity contribution in [2.75, 3.05) is 40.4 Å². The smallest absolute Gasteiger partial charge is 0.663 e. The molecule has 0 unspecified atom stereocenters. The SMILES string of the molecule is CC[N-]CC.CC[N-]CC.CO.CO.[Zr+2]. The van der Waals surface area contributed by atoms with Gasteiger partial charge in [-0.3, -0.25) is 0 Å². The minimum atomic E-state index is 0. The fourth-order valence-electron chi connectivity index (χ4n) is 0.447. The first kappa shape index (κ1) is 29.6. The molecule has 0 spiro atoms. The van der Waals surface area contributed by atoms with Crippen LogP contribution in [-0.4, -0.2) is 50.6 Å². The molecule has 0 amide bonds. The summed E-state index contributed by atoms with van der Waals surface area (Å²) in [6, 6.07) is 0. The Labute approximate surface area is 115 Å². The minimum Gasteiger partial charge on any atom is -0.663 e. The molecule has 0 atom stereocenters. The number of aliphatic hydroxyl groups is 2. The third kappa shape index (κ3) is 107. The van der Waals surface area contributed by atoms with Gasteiger partial charge in [-0.05, 0) is 0 Å². The maximum absolute atomic E-state index is 7.00. The zero-order valence-electron chi connectivity index (χ0n) is 11.1. The second-order valence-electron chi connectivity index (χ2n) is 1.71. The van der Waals surface area contributed by atoms with Crippen LogP contribution in [0.15, 0.2) is 0 Å². The molecule has 0 aliphatic rings. The molecule has 0 heterocycles. The molecule has 0 saturated carbocycles. The van der Waals surface area contributed by atoms with E-state index in [1.54, 1.807) is 0 Å². The Bertz CT molecular complexity index is 42.4. The summed E-state index contributed by atoms with van der Waals surface area (Å²) in [4.78, 5) is 0. The molecule has 4 nitrogen and oxygen atoms in total. The van der Waals surface area contributed by atoms with Crippen molar-refractivity contribution >= 4 is 0 Å². The summed E-state index contributed by atoms with van der Waals surface area (Å²) < 4.78 is 0. The largest absolute Gasteiger partial charge is 2.00 e. The summed E-state index contributed by atoms with van der Waals surface area (Å²) in [5, 5.41) is 21.9. The Morgan fingerprint density at radius 1 is 0.600 bits per heavy atom. The number of hydrogen-bond donors (Lipinski definition) is 2. The zero-order valence-corrected chi connectivity index (χ0v) is 13.6. The first-order valence-corrected chi connectivity index (χ1v) is 4.99. The predicted octanol–water partition coefficient (Wildman–Crippen LogP) is 2.01. The van der Waals surface area contributed by atoms with Gasteiger partial charge >= 0.3 is 26.2 Å². The molecule has 0 radical (unpaired) electrons. The van der Waals surface area contributed by atoms with Crippen LogP contribution < -0.4 is 0 Å². The molecule has 0 fully saturated rings. The second-order valence-corrected chi connectivity index (χ2v) is 1.71. The van der Waals surface area contributed by atoms with Gasteiger partial charge in [0.1, 0.15) is 0 Å². The molecule has 94 valence electrons. The van der Waals surface area contributed by atoms with Crippen molar-refractivity contribution in [2.24, 2.45) is 0 Å². The quantitative estimate of drug-likeness (QED) is 0.834. The van der Waals surface area contributed by atoms with Crippen molar-refractivity contribution in [1.82, 2.24) is 0 Å². The van der Waals surface area contributed by atoms with Gasteiger partial charge in [0.05, 0.1) is 0 Å². The normalized spacial score (nSPS) is 6.40. The summed E-state index contributed by atoms with van der Waals surface area (Å²) in [7, 11) is 2.00. The number of hydrogen-bond acceptors (Lipinski definition) is 2. The predicted molar refractivity (Wildman–Crippen MR) is 65.2 cm³/mol. The van der Waals surface area contributed by atoms with Gasteiger partial charge in [0.25, 0.3) is 0 Å². The summed E-state index contributed by atoms with van der Waals surface area (Å²) in [5.74, 6) is 0. The van der Waals surface area contributed by atoms with Crippen LogP contribution in [0.5, 0.6) is 0 Å². The fraction of sp³-hybridized carbons (Fsp3) is 1.00. The molecule has 0 aromatic carbocycles. The molecule has 5 heteroatoms. The zero-order chi connectivity index (χ0) is 12.2. The van der Waals surface area contributed by atoms with Crippen LogP contribution in [0.25, 0.3) is 10.6 Å². The summed E-state index contributed by atoms with van der Waals surface area (Å²) in [6.07, 6.45) is 0. The van der Waals surface area contributed by atoms with Crippen LogP contribution in [0.1, 0.15) is 27.7 Å². The third-order valence-corrected chi connectivity index (χ3v) is 0.894. The van der Waals surface area contributed by atoms with Crippen molar-refractivity contribution in [3.05, 3.63) is 10.6 Å². The van der Waals surface area contributed by atoms with Gasteiger partial charge in [-0.1, -0.05) is 27.7 Å². The van der Waals surface area contributed by atoms with E-state index in [4.69, 9.17) is 10.2 Å². The van der Waals surface area contributed by atoms with Crippen molar-refractivity contribution in [3.8, 4) is 0 Å². The van der Waals surface area contributed by atoms with Gasteiger partial charge in [-0.25, -0.2) is 0 Å². The van der Waals surface area contributed by atoms with E-state index < -0.39 is 0 Å². The van der Waals surface area contributed by atoms with E-state index in [1.807, 2.05) is 27.7 Å². The van der Waals surface area contributed by atoms with E-state index in [0.717, 1.165) is 40.4 Å². The van der Waals surface area contributed by atoms with Crippen molar-refractivity contribution in [3.63, 3.8) is 0 Å². The molecule has 0 aliphatic carbocycles. The molecule has 0 aliphatic heterocycles. The fourth-order valence-corrected chi connectivity index (χ4v) is 0.447. The topological polar surface area (TPSA) is 68.7 Å². The molecule has 0 aromatic heterocycles. The summed E-state index contributed by atoms with van der Waals surface area (Å²) in [6.45, 7) is 12.1. The Balaban J connectivity index is -0.0000000318. The van der Waals surface area contributed by atoms with Crippen LogP contribution in [0, 0.1) is 0 Å². The molecule has 0 saturated heterocycles. The molecule has 0 bridgehead atoms. The monoisotopic (exact) mass is 298 g/mol. The Morgan fingerprint density at radius 2 is 0.733 bits per heavy atom. The minimum absolute atomic E-state index is 0. The van der Waals surface area contributed by atoms with Crippen molar-refractivity contribution in [2.45, 2.75) is 27.7 Å². The van der Waals surface area contributed by atoms with E-state index in [9.17, 15) is 0 Å². The van der Waals surface area contributed by atoms with E-state index >= 15 is 0 Å². The summed E-state index contributed by atoms with van der Waals surface area (Å²) >= 11 is 0. The summed E-state index contributed by atoms with van der Waals surface area (Å²) in [5.41, 5.74) is 0. The maximum atomic E-state index is 7.00. The van der Waals surface area contributed by atoms with E-state index in [2.05, 4.69) is 10.6 Å². The first-order chi connectivity index (χ1) is 6.83. The van der Waals surface area contributed by atoms with Crippen LogP contribution in [0.2, 0.25) is 0 Å². The van der Waals surface area contributed by atoms with Gasteiger partial charge in [0, 0.05) is 14.2 Å². The van der Waals surface area contributed by atoms with Crippen molar-refractivity contribution < 1.29 is 36.4 Å². The standard InChI is InChI=1S/2C4H10N.2CH4O.Zr/c2*1-3-5-4-2;2*1-2;/h2*3-4H2,1-2H3;2*2H,1H3;/q2*-1;;;+2. The van der Waals surface area contributed by atoms with Gasteiger partial charge in [-0.15, -0.1) is 0 Å². The van der Waals surface area contributed by atoms with Crippen molar-refractivity contribution in [1.29, 1.82) is 0 Å². The van der Waals surface area contributed by atoms with Crippen LogP contribution in [-0.2, 0) is 26.2 Å². The number of rotatable bonds is 4. The number of aliphatic hydroxyl groups excluding tert-OH is 2. The van der Waals surface area contributed by atoms with E-state index in [0.29, 0.717) is 0 Å². The van der Waals surface area contributed by atoms with Gasteiger partial charge in [-0.2, -0.15) is 26.2 Å². The second kappa shape index (κ2) is 61.3. The molecule has 15 heavy (non-hydrogen) atoms. The van der Waals surface area contributed by atoms with Gasteiger partial charge < -0.3 is 20.8 Å². The Morgan fingerprint density at radius 3 is 0.733 bits per heavy atom. The molecule has 2 N–H and O–H groups in total. The Hall–Kier alpha value is 0.723. The third-order valence-electron chi connectivity index (χ3n) is 0.894. The van der Waals surface area contributed by atoms with Crippen LogP contribution in [0.3, 0.4) is 0 Å². The van der Waals surface area contributed by atoms with Crippen LogP contribution >= 0.6 is 0 Å². The molecular formula is C10H28N2O2Zr. The Kier molecular flexibility index (Phi) is 121. The van der Waals surface area contributed by atoms with Gasteiger partial charge in [0.2, 0.25) is 0 Å². The average molecular weight is 300 g/mol. The average Bonchev–Trinajstić information content (AvgIpc) is 2.27. The maximum Gasteiger partial charge on any atom is 2.00 e.